The standard InChI is InChI=1S/C19H28N4O3/c1-3-26-16-6-4-15(5-7-16)23-18(24)14-17(19(23)25)20-8-9-22-12-10-21(2)11-13-22/h4-7,17,20H,3,8-14H2,1-2H3/p+3/t17-/m1/s1. The van der Waals surface area contributed by atoms with E-state index in [1.807, 2.05) is 12.2 Å². The molecule has 0 aliphatic carbocycles. The first-order chi connectivity index (χ1) is 12.6. The first kappa shape index (κ1) is 18.8. The van der Waals surface area contributed by atoms with Gasteiger partial charge in [-0.25, -0.2) is 4.90 Å². The minimum Gasteiger partial charge on any atom is -0.494 e. The highest BCUT2D eigenvalue weighted by Gasteiger charge is 2.42. The number of anilines is 1. The third kappa shape index (κ3) is 4.41. The Hall–Kier alpha value is -1.96. The van der Waals surface area contributed by atoms with Crippen LogP contribution >= 0.6 is 0 Å². The van der Waals surface area contributed by atoms with Gasteiger partial charge in [0.1, 0.15) is 45.0 Å². The molecule has 3 rings (SSSR count). The van der Waals surface area contributed by atoms with Gasteiger partial charge in [-0.3, -0.25) is 9.59 Å². The molecule has 142 valence electrons. The number of nitrogens with two attached hydrogens (primary N) is 1. The summed E-state index contributed by atoms with van der Waals surface area (Å²) in [5.74, 6) is 0.531. The van der Waals surface area contributed by atoms with Gasteiger partial charge < -0.3 is 19.9 Å². The Labute approximate surface area is 154 Å². The largest absolute Gasteiger partial charge is 0.494 e. The second kappa shape index (κ2) is 8.62. The first-order valence-electron chi connectivity index (χ1n) is 9.66. The zero-order valence-corrected chi connectivity index (χ0v) is 15.8. The molecule has 0 unspecified atom stereocenters. The van der Waals surface area contributed by atoms with E-state index in [0.29, 0.717) is 12.3 Å². The Bertz CT molecular complexity index is 626. The van der Waals surface area contributed by atoms with Gasteiger partial charge in [0.15, 0.2) is 6.04 Å². The topological polar surface area (TPSA) is 72.1 Å². The van der Waals surface area contributed by atoms with Crippen LogP contribution in [0.15, 0.2) is 24.3 Å². The van der Waals surface area contributed by atoms with Crippen LogP contribution in [0.5, 0.6) is 5.75 Å². The SMILES string of the molecule is CCOc1ccc(N2C(=O)C[C@@H]([NH2+]CC[NH+]3CC[NH+](C)CC3)C2=O)cc1. The van der Waals surface area contributed by atoms with Crippen molar-refractivity contribution < 1.29 is 29.4 Å². The van der Waals surface area contributed by atoms with E-state index in [1.54, 1.807) is 34.1 Å². The van der Waals surface area contributed by atoms with Gasteiger partial charge in [0.25, 0.3) is 5.91 Å². The minimum atomic E-state index is -0.286. The van der Waals surface area contributed by atoms with Crippen molar-refractivity contribution in [2.75, 3.05) is 57.8 Å². The van der Waals surface area contributed by atoms with Crippen molar-refractivity contribution in [3.05, 3.63) is 24.3 Å². The number of carbonyl (C=O) groups excluding carboxylic acids is 2. The molecule has 7 heteroatoms. The first-order valence-corrected chi connectivity index (χ1v) is 9.66. The van der Waals surface area contributed by atoms with Crippen molar-refractivity contribution in [2.45, 2.75) is 19.4 Å². The normalized spacial score (nSPS) is 26.4. The smallest absolute Gasteiger partial charge is 0.292 e. The maximum Gasteiger partial charge on any atom is 0.292 e. The van der Waals surface area contributed by atoms with Crippen molar-refractivity contribution >= 4 is 17.5 Å². The lowest BCUT2D eigenvalue weighted by molar-refractivity contribution is -1.01. The molecular formula is C19H31N4O3+3. The number of nitrogens with zero attached hydrogens (tertiary/aromatic N) is 1. The summed E-state index contributed by atoms with van der Waals surface area (Å²) in [4.78, 5) is 29.6. The van der Waals surface area contributed by atoms with E-state index in [4.69, 9.17) is 4.74 Å². The van der Waals surface area contributed by atoms with Gasteiger partial charge in [-0.1, -0.05) is 0 Å². The summed E-state index contributed by atoms with van der Waals surface area (Å²) < 4.78 is 5.42. The van der Waals surface area contributed by atoms with E-state index in [9.17, 15) is 9.59 Å². The number of imide groups is 1. The van der Waals surface area contributed by atoms with E-state index in [2.05, 4.69) is 7.05 Å². The lowest BCUT2D eigenvalue weighted by Gasteiger charge is -2.26. The molecule has 2 aliphatic heterocycles. The Kier molecular flexibility index (Phi) is 6.24. The summed E-state index contributed by atoms with van der Waals surface area (Å²) in [7, 11) is 2.24. The molecular weight excluding hydrogens is 332 g/mol. The van der Waals surface area contributed by atoms with Crippen LogP contribution in [0.25, 0.3) is 0 Å². The van der Waals surface area contributed by atoms with Crippen LogP contribution in [0.2, 0.25) is 0 Å². The average molecular weight is 363 g/mol. The van der Waals surface area contributed by atoms with Crippen molar-refractivity contribution in [3.8, 4) is 5.75 Å². The van der Waals surface area contributed by atoms with Crippen molar-refractivity contribution in [1.29, 1.82) is 0 Å². The van der Waals surface area contributed by atoms with Crippen LogP contribution in [0, 0.1) is 0 Å². The highest BCUT2D eigenvalue weighted by molar-refractivity contribution is 6.21. The number of nitrogens with one attached hydrogen (secondary N) is 2. The van der Waals surface area contributed by atoms with Gasteiger partial charge in [-0.05, 0) is 31.2 Å². The Morgan fingerprint density at radius 3 is 2.50 bits per heavy atom. The second-order valence-electron chi connectivity index (χ2n) is 7.29. The molecule has 0 aromatic heterocycles. The summed E-state index contributed by atoms with van der Waals surface area (Å²) in [6, 6.07) is 6.87. The van der Waals surface area contributed by atoms with Crippen molar-refractivity contribution in [1.82, 2.24) is 0 Å². The van der Waals surface area contributed by atoms with E-state index < -0.39 is 0 Å². The number of quaternary nitrogens is 3. The van der Waals surface area contributed by atoms with Gasteiger partial charge in [0.2, 0.25) is 5.91 Å². The van der Waals surface area contributed by atoms with Crippen LogP contribution in [-0.2, 0) is 9.59 Å². The molecule has 4 N–H and O–H groups in total. The monoisotopic (exact) mass is 363 g/mol. The Morgan fingerprint density at radius 2 is 1.85 bits per heavy atom. The number of rotatable bonds is 7. The Morgan fingerprint density at radius 1 is 1.15 bits per heavy atom. The zero-order chi connectivity index (χ0) is 18.5. The molecule has 1 aromatic rings. The maximum absolute atomic E-state index is 12.7. The maximum atomic E-state index is 12.7. The molecule has 0 saturated carbocycles. The quantitative estimate of drug-likeness (QED) is 0.445. The predicted molar refractivity (Wildman–Crippen MR) is 97.5 cm³/mol. The number of hydrogen-bond acceptors (Lipinski definition) is 3. The minimum absolute atomic E-state index is 0.100. The number of ether oxygens (including phenoxy) is 1. The highest BCUT2D eigenvalue weighted by atomic mass is 16.5. The summed E-state index contributed by atoms with van der Waals surface area (Å²) in [6.07, 6.45) is 0.286. The lowest BCUT2D eigenvalue weighted by atomic mass is 10.2. The lowest BCUT2D eigenvalue weighted by Crippen LogP contribution is -3.27. The molecule has 0 bridgehead atoms. The third-order valence-corrected chi connectivity index (χ3v) is 5.35. The number of amides is 2. The van der Waals surface area contributed by atoms with Gasteiger partial charge in [0.05, 0.1) is 25.8 Å². The van der Waals surface area contributed by atoms with Crippen LogP contribution in [0.3, 0.4) is 0 Å². The van der Waals surface area contributed by atoms with Crippen LogP contribution in [0.4, 0.5) is 5.69 Å². The van der Waals surface area contributed by atoms with Gasteiger partial charge >= 0.3 is 0 Å². The molecule has 7 nitrogen and oxygen atoms in total. The summed E-state index contributed by atoms with van der Waals surface area (Å²) in [5, 5.41) is 2.05. The summed E-state index contributed by atoms with van der Waals surface area (Å²) >= 11 is 0. The fourth-order valence-corrected chi connectivity index (χ4v) is 3.74. The summed E-state index contributed by atoms with van der Waals surface area (Å²) in [5.41, 5.74) is 0.632. The molecule has 26 heavy (non-hydrogen) atoms. The van der Waals surface area contributed by atoms with Crippen molar-refractivity contribution in [3.63, 3.8) is 0 Å². The number of likely N-dealkylation sites (N-methyl/N-ethyl adjacent to an activating group) is 1. The number of piperazine rings is 1. The fourth-order valence-electron chi connectivity index (χ4n) is 3.74. The molecule has 2 amide bonds. The molecule has 2 fully saturated rings. The van der Waals surface area contributed by atoms with Crippen LogP contribution in [-0.4, -0.2) is 70.8 Å². The van der Waals surface area contributed by atoms with Gasteiger partial charge in [-0.15, -0.1) is 0 Å². The van der Waals surface area contributed by atoms with Gasteiger partial charge in [0, 0.05) is 0 Å². The number of hydrogen-bond donors (Lipinski definition) is 3. The van der Waals surface area contributed by atoms with E-state index in [-0.39, 0.29) is 24.3 Å². The molecule has 0 spiro atoms. The number of benzene rings is 1. The average Bonchev–Trinajstić information content (AvgIpc) is 2.92. The van der Waals surface area contributed by atoms with E-state index in [1.165, 1.54) is 31.1 Å². The molecule has 2 aliphatic rings. The van der Waals surface area contributed by atoms with Crippen molar-refractivity contribution in [2.24, 2.45) is 0 Å². The predicted octanol–water partition coefficient (Wildman–Crippen LogP) is -3.31. The van der Waals surface area contributed by atoms with E-state index >= 15 is 0 Å². The Balaban J connectivity index is 1.51. The molecule has 1 atom stereocenters. The van der Waals surface area contributed by atoms with Gasteiger partial charge in [-0.2, -0.15) is 0 Å². The van der Waals surface area contributed by atoms with Crippen LogP contribution < -0.4 is 24.8 Å². The highest BCUT2D eigenvalue weighted by Crippen LogP contribution is 2.24. The fraction of sp³-hybridized carbons (Fsp3) is 0.579. The summed E-state index contributed by atoms with van der Waals surface area (Å²) in [6.45, 7) is 9.25. The third-order valence-electron chi connectivity index (χ3n) is 5.35. The van der Waals surface area contributed by atoms with Crippen LogP contribution in [0.1, 0.15) is 13.3 Å². The molecule has 2 heterocycles. The zero-order valence-electron chi connectivity index (χ0n) is 15.8. The second-order valence-corrected chi connectivity index (χ2v) is 7.29. The molecule has 1 aromatic carbocycles. The molecule has 0 radical (unpaired) electrons. The molecule has 2 saturated heterocycles. The number of carbonyl (C=O) groups is 2. The van der Waals surface area contributed by atoms with E-state index in [0.717, 1.165) is 18.8 Å².